The first kappa shape index (κ1) is 36.9. The molecule has 1 aliphatic carbocycles. The van der Waals surface area contributed by atoms with Crippen LogP contribution in [0.5, 0.6) is 0 Å². The standard InChI is InChI=1S/C61H41NOS/c1-61(2)54-27-7-5-22-49(54)50-32-31-40(37-55(50)61)39-15-9-18-43(34-39)62(44-19-10-16-41(35-44)46-24-13-29-57-58(46)53-23-6-8-28-56(53)63-57)45-20-11-17-42(36-45)48-25-12-26-51-52-33-30-38-14-3-4-21-47(38)59(52)64-60(48)51/h3-37H,1-2H3. The number of nitrogens with zero attached hydrogens (tertiary/aromatic N) is 1. The molecule has 0 unspecified atom stereocenters. The molecule has 0 fully saturated rings. The lowest BCUT2D eigenvalue weighted by Crippen LogP contribution is -2.14. The molecule has 1 aliphatic rings. The van der Waals surface area contributed by atoms with Gasteiger partial charge in [0.1, 0.15) is 11.2 Å². The van der Waals surface area contributed by atoms with Crippen molar-refractivity contribution in [2.24, 2.45) is 0 Å². The van der Waals surface area contributed by atoms with E-state index in [-0.39, 0.29) is 5.41 Å². The SMILES string of the molecule is CC1(C)c2ccccc2-c2ccc(-c3cccc(N(c4cccc(-c5cccc6c5sc5c7ccccc7ccc65)c4)c4cccc(-c5cccc6oc7ccccc7c56)c4)c3)cc21. The zero-order valence-corrected chi connectivity index (χ0v) is 36.3. The average Bonchev–Trinajstić information content (AvgIpc) is 4.00. The first-order valence-corrected chi connectivity index (χ1v) is 22.9. The highest BCUT2D eigenvalue weighted by atomic mass is 32.1. The third-order valence-corrected chi connectivity index (χ3v) is 14.9. The molecule has 0 bridgehead atoms. The van der Waals surface area contributed by atoms with Crippen molar-refractivity contribution in [3.63, 3.8) is 0 Å². The second-order valence-electron chi connectivity index (χ2n) is 17.6. The smallest absolute Gasteiger partial charge is 0.136 e. The summed E-state index contributed by atoms with van der Waals surface area (Å²) in [5, 5.41) is 7.45. The fourth-order valence-electron chi connectivity index (χ4n) is 10.5. The molecule has 0 radical (unpaired) electrons. The molecule has 10 aromatic carbocycles. The molecule has 0 saturated carbocycles. The van der Waals surface area contributed by atoms with Crippen LogP contribution in [0.4, 0.5) is 17.1 Å². The number of thiophene rings is 1. The van der Waals surface area contributed by atoms with Gasteiger partial charge in [0.15, 0.2) is 0 Å². The molecular weight excluding hydrogens is 795 g/mol. The largest absolute Gasteiger partial charge is 0.456 e. The maximum Gasteiger partial charge on any atom is 0.136 e. The third kappa shape index (κ3) is 5.64. The van der Waals surface area contributed by atoms with Gasteiger partial charge in [0.25, 0.3) is 0 Å². The van der Waals surface area contributed by atoms with Gasteiger partial charge in [-0.3, -0.25) is 0 Å². The minimum atomic E-state index is -0.0833. The fraction of sp³-hybridized carbons (Fsp3) is 0.0492. The van der Waals surface area contributed by atoms with Crippen molar-refractivity contribution < 1.29 is 4.42 Å². The lowest BCUT2D eigenvalue weighted by atomic mass is 9.81. The minimum Gasteiger partial charge on any atom is -0.456 e. The molecule has 2 nitrogen and oxygen atoms in total. The summed E-state index contributed by atoms with van der Waals surface area (Å²) in [6.45, 7) is 4.71. The van der Waals surface area contributed by atoms with Gasteiger partial charge in [-0.2, -0.15) is 0 Å². The van der Waals surface area contributed by atoms with Crippen LogP contribution in [0.1, 0.15) is 25.0 Å². The molecule has 13 rings (SSSR count). The molecule has 3 heteroatoms. The summed E-state index contributed by atoms with van der Waals surface area (Å²) in [4.78, 5) is 2.43. The van der Waals surface area contributed by atoms with Gasteiger partial charge in [-0.15, -0.1) is 11.3 Å². The Hall–Kier alpha value is -7.72. The van der Waals surface area contributed by atoms with Crippen LogP contribution in [0.3, 0.4) is 0 Å². The normalized spacial score (nSPS) is 13.0. The van der Waals surface area contributed by atoms with E-state index in [1.165, 1.54) is 75.5 Å². The van der Waals surface area contributed by atoms with Gasteiger partial charge in [-0.25, -0.2) is 0 Å². The second kappa shape index (κ2) is 14.2. The molecule has 0 saturated heterocycles. The fourth-order valence-corrected chi connectivity index (χ4v) is 11.9. The quantitative estimate of drug-likeness (QED) is 0.166. The van der Waals surface area contributed by atoms with Crippen molar-refractivity contribution >= 4 is 81.3 Å². The van der Waals surface area contributed by atoms with E-state index in [0.717, 1.165) is 50.1 Å². The van der Waals surface area contributed by atoms with E-state index in [9.17, 15) is 0 Å². The maximum absolute atomic E-state index is 6.36. The molecule has 2 aromatic heterocycles. The van der Waals surface area contributed by atoms with Crippen LogP contribution in [0.2, 0.25) is 0 Å². The lowest BCUT2D eigenvalue weighted by Gasteiger charge is -2.27. The number of hydrogen-bond acceptors (Lipinski definition) is 3. The Bertz CT molecular complexity index is 3850. The molecule has 0 aliphatic heterocycles. The van der Waals surface area contributed by atoms with E-state index >= 15 is 0 Å². The molecule has 0 atom stereocenters. The van der Waals surface area contributed by atoms with Crippen LogP contribution in [0, 0.1) is 0 Å². The first-order valence-electron chi connectivity index (χ1n) is 22.1. The topological polar surface area (TPSA) is 16.4 Å². The lowest BCUT2D eigenvalue weighted by molar-refractivity contribution is 0.660. The van der Waals surface area contributed by atoms with Crippen LogP contribution in [0.25, 0.3) is 97.4 Å². The van der Waals surface area contributed by atoms with Crippen molar-refractivity contribution in [2.45, 2.75) is 19.3 Å². The Kier molecular flexibility index (Phi) is 8.16. The highest BCUT2D eigenvalue weighted by molar-refractivity contribution is 7.27. The van der Waals surface area contributed by atoms with E-state index in [4.69, 9.17) is 4.42 Å². The summed E-state index contributed by atoms with van der Waals surface area (Å²) >= 11 is 1.90. The molecule has 0 amide bonds. The Morgan fingerprint density at radius 2 is 0.938 bits per heavy atom. The summed E-state index contributed by atoms with van der Waals surface area (Å²) in [6, 6.07) is 77.9. The Morgan fingerprint density at radius 3 is 1.77 bits per heavy atom. The molecule has 2 heterocycles. The number of hydrogen-bond donors (Lipinski definition) is 0. The van der Waals surface area contributed by atoms with Crippen molar-refractivity contribution in [3.8, 4) is 44.5 Å². The van der Waals surface area contributed by atoms with Crippen LogP contribution in [-0.4, -0.2) is 0 Å². The second-order valence-corrected chi connectivity index (χ2v) is 18.7. The highest BCUT2D eigenvalue weighted by Gasteiger charge is 2.35. The summed E-state index contributed by atoms with van der Waals surface area (Å²) < 4.78 is 9.01. The molecule has 12 aromatic rings. The highest BCUT2D eigenvalue weighted by Crippen LogP contribution is 2.50. The number of fused-ring (bicyclic) bond motifs is 11. The molecular formula is C61H41NOS. The number of anilines is 3. The number of para-hydroxylation sites is 1. The number of furan rings is 1. The maximum atomic E-state index is 6.36. The van der Waals surface area contributed by atoms with Crippen molar-refractivity contribution in [1.82, 2.24) is 0 Å². The monoisotopic (exact) mass is 835 g/mol. The first-order chi connectivity index (χ1) is 31.5. The Labute approximate surface area is 375 Å². The molecule has 0 N–H and O–H groups in total. The van der Waals surface area contributed by atoms with Gasteiger partial charge in [-0.1, -0.05) is 172 Å². The number of benzene rings is 10. The summed E-state index contributed by atoms with van der Waals surface area (Å²) in [5.74, 6) is 0. The van der Waals surface area contributed by atoms with Gasteiger partial charge < -0.3 is 9.32 Å². The van der Waals surface area contributed by atoms with E-state index in [1.54, 1.807) is 0 Å². The predicted octanol–water partition coefficient (Wildman–Crippen LogP) is 17.9. The third-order valence-electron chi connectivity index (χ3n) is 13.6. The summed E-state index contributed by atoms with van der Waals surface area (Å²) in [7, 11) is 0. The minimum absolute atomic E-state index is 0.0833. The van der Waals surface area contributed by atoms with E-state index < -0.39 is 0 Å². The van der Waals surface area contributed by atoms with Gasteiger partial charge in [0.2, 0.25) is 0 Å². The zero-order chi connectivity index (χ0) is 42.5. The van der Waals surface area contributed by atoms with E-state index in [2.05, 4.69) is 225 Å². The van der Waals surface area contributed by atoms with Crippen LogP contribution in [-0.2, 0) is 5.41 Å². The molecule has 0 spiro atoms. The van der Waals surface area contributed by atoms with Gasteiger partial charge in [-0.05, 0) is 121 Å². The molecule has 302 valence electrons. The summed E-state index contributed by atoms with van der Waals surface area (Å²) in [5.41, 5.74) is 17.5. The predicted molar refractivity (Wildman–Crippen MR) is 273 cm³/mol. The van der Waals surface area contributed by atoms with Crippen molar-refractivity contribution in [2.75, 3.05) is 4.90 Å². The van der Waals surface area contributed by atoms with Gasteiger partial charge >= 0.3 is 0 Å². The molecule has 64 heavy (non-hydrogen) atoms. The number of rotatable bonds is 6. The Balaban J connectivity index is 0.984. The van der Waals surface area contributed by atoms with Crippen LogP contribution >= 0.6 is 11.3 Å². The van der Waals surface area contributed by atoms with E-state index in [1.807, 2.05) is 17.4 Å². The van der Waals surface area contributed by atoms with E-state index in [0.29, 0.717) is 0 Å². The van der Waals surface area contributed by atoms with Gasteiger partial charge in [0, 0.05) is 53.4 Å². The van der Waals surface area contributed by atoms with Crippen LogP contribution < -0.4 is 4.90 Å². The zero-order valence-electron chi connectivity index (χ0n) is 35.5. The van der Waals surface area contributed by atoms with Crippen LogP contribution in [0.15, 0.2) is 217 Å². The van der Waals surface area contributed by atoms with Gasteiger partial charge in [0.05, 0.1) is 0 Å². The van der Waals surface area contributed by atoms with Crippen molar-refractivity contribution in [1.29, 1.82) is 0 Å². The Morgan fingerprint density at radius 1 is 0.375 bits per heavy atom. The summed E-state index contributed by atoms with van der Waals surface area (Å²) in [6.07, 6.45) is 0. The van der Waals surface area contributed by atoms with Crippen molar-refractivity contribution in [3.05, 3.63) is 223 Å². The average molecular weight is 836 g/mol.